The number of amides is 3. The van der Waals surface area contributed by atoms with Gasteiger partial charge in [-0.25, -0.2) is 10.3 Å². The van der Waals surface area contributed by atoms with Gasteiger partial charge in [-0.1, -0.05) is 22.0 Å². The molecule has 0 radical (unpaired) electrons. The molecule has 0 aliphatic carbocycles. The quantitative estimate of drug-likeness (QED) is 0.332. The van der Waals surface area contributed by atoms with Gasteiger partial charge in [0.15, 0.2) is 0 Å². The summed E-state index contributed by atoms with van der Waals surface area (Å²) in [6.45, 7) is 3.74. The fourth-order valence-electron chi connectivity index (χ4n) is 2.67. The summed E-state index contributed by atoms with van der Waals surface area (Å²) in [5.74, 6) is -0.581. The first-order valence-corrected chi connectivity index (χ1v) is 8.59. The highest BCUT2D eigenvalue weighted by Gasteiger charge is 2.35. The van der Waals surface area contributed by atoms with E-state index in [0.717, 1.165) is 5.56 Å². The molecule has 1 aliphatic rings. The van der Waals surface area contributed by atoms with E-state index in [4.69, 9.17) is 9.94 Å². The van der Waals surface area contributed by atoms with Crippen molar-refractivity contribution in [1.82, 2.24) is 10.4 Å². The van der Waals surface area contributed by atoms with Crippen molar-refractivity contribution in [2.24, 2.45) is 0 Å². The van der Waals surface area contributed by atoms with E-state index in [1.54, 1.807) is 32.0 Å². The van der Waals surface area contributed by atoms with Crippen LogP contribution in [0.4, 0.5) is 4.79 Å². The minimum Gasteiger partial charge on any atom is -0.442 e. The second kappa shape index (κ2) is 7.31. The number of hydrogen-bond donors (Lipinski definition) is 2. The molecule has 0 saturated heterocycles. The second-order valence-corrected chi connectivity index (χ2v) is 6.92. The number of halogens is 1. The van der Waals surface area contributed by atoms with Crippen LogP contribution in [-0.2, 0) is 11.2 Å². The minimum absolute atomic E-state index is 0.280. The van der Waals surface area contributed by atoms with Crippen LogP contribution in [0.1, 0.15) is 46.5 Å². The molecule has 0 atom stereocenters. The molecule has 0 saturated carbocycles. The normalized spacial score (nSPS) is 13.9. The van der Waals surface area contributed by atoms with Crippen LogP contribution in [0.2, 0.25) is 0 Å². The van der Waals surface area contributed by atoms with Crippen molar-refractivity contribution in [1.29, 1.82) is 0 Å². The summed E-state index contributed by atoms with van der Waals surface area (Å²) < 4.78 is 5.06. The Morgan fingerprint density at radius 1 is 1.29 bits per heavy atom. The molecule has 3 amide bonds. The molecule has 1 aliphatic heterocycles. The summed E-state index contributed by atoms with van der Waals surface area (Å²) in [7, 11) is 0. The van der Waals surface area contributed by atoms with E-state index in [1.165, 1.54) is 10.4 Å². The van der Waals surface area contributed by atoms with Crippen molar-refractivity contribution in [2.45, 2.75) is 32.3 Å². The maximum absolute atomic E-state index is 12.4. The second-order valence-electron chi connectivity index (χ2n) is 6.12. The molecule has 8 heteroatoms. The third kappa shape index (κ3) is 3.93. The van der Waals surface area contributed by atoms with Gasteiger partial charge in [-0.3, -0.25) is 19.7 Å². The highest BCUT2D eigenvalue weighted by molar-refractivity contribution is 9.09. The van der Waals surface area contributed by atoms with Crippen LogP contribution in [-0.4, -0.2) is 45.5 Å². The lowest BCUT2D eigenvalue weighted by Crippen LogP contribution is -2.35. The average Bonchev–Trinajstić information content (AvgIpc) is 2.75. The molecule has 2 N–H and O–H groups in total. The maximum atomic E-state index is 12.4. The van der Waals surface area contributed by atoms with E-state index >= 15 is 0 Å². The molecule has 24 heavy (non-hydrogen) atoms. The van der Waals surface area contributed by atoms with Crippen molar-refractivity contribution in [3.63, 3.8) is 0 Å². The Bertz CT molecular complexity index is 674. The SMILES string of the molecule is CC(C)(Cc1ccc2c(c1)C(=O)N(CCCBr)C2=O)OC(=O)NO. The molecule has 1 aromatic rings. The number of carbonyl (C=O) groups is 3. The Morgan fingerprint density at radius 3 is 2.58 bits per heavy atom. The number of ether oxygens (including phenoxy) is 1. The van der Waals surface area contributed by atoms with Crippen molar-refractivity contribution in [2.75, 3.05) is 11.9 Å². The maximum Gasteiger partial charge on any atom is 0.431 e. The van der Waals surface area contributed by atoms with Crippen LogP contribution in [0.3, 0.4) is 0 Å². The fourth-order valence-corrected chi connectivity index (χ4v) is 2.92. The standard InChI is InChI=1S/C16H19BrN2O5/c1-16(2,24-15(22)18-23)9-10-4-5-11-12(8-10)14(21)19(13(11)20)7-3-6-17/h4-5,8,23H,3,6-7,9H2,1-2H3,(H,18,22). The Morgan fingerprint density at radius 2 is 1.96 bits per heavy atom. The van der Waals surface area contributed by atoms with Gasteiger partial charge in [0.1, 0.15) is 5.60 Å². The molecular weight excluding hydrogens is 380 g/mol. The fraction of sp³-hybridized carbons (Fsp3) is 0.438. The van der Waals surface area contributed by atoms with E-state index in [9.17, 15) is 14.4 Å². The van der Waals surface area contributed by atoms with Gasteiger partial charge in [-0.2, -0.15) is 0 Å². The van der Waals surface area contributed by atoms with E-state index in [1.807, 2.05) is 0 Å². The monoisotopic (exact) mass is 398 g/mol. The summed E-state index contributed by atoms with van der Waals surface area (Å²) in [6.07, 6.45) is 0.0693. The number of nitrogens with one attached hydrogen (secondary N) is 1. The van der Waals surface area contributed by atoms with Crippen molar-refractivity contribution >= 4 is 33.8 Å². The highest BCUT2D eigenvalue weighted by atomic mass is 79.9. The topological polar surface area (TPSA) is 95.9 Å². The van der Waals surface area contributed by atoms with Gasteiger partial charge >= 0.3 is 6.09 Å². The van der Waals surface area contributed by atoms with Crippen LogP contribution in [0.15, 0.2) is 18.2 Å². The largest absolute Gasteiger partial charge is 0.442 e. The summed E-state index contributed by atoms with van der Waals surface area (Å²) in [4.78, 5) is 37.1. The number of fused-ring (bicyclic) bond motifs is 1. The van der Waals surface area contributed by atoms with Gasteiger partial charge in [0, 0.05) is 18.3 Å². The molecule has 1 heterocycles. The zero-order valence-corrected chi connectivity index (χ0v) is 15.1. The van der Waals surface area contributed by atoms with Gasteiger partial charge in [-0.05, 0) is 38.0 Å². The number of rotatable bonds is 6. The predicted octanol–water partition coefficient (Wildman–Crippen LogP) is 2.50. The lowest BCUT2D eigenvalue weighted by atomic mass is 9.95. The van der Waals surface area contributed by atoms with E-state index < -0.39 is 11.7 Å². The van der Waals surface area contributed by atoms with Gasteiger partial charge in [0.2, 0.25) is 0 Å². The molecule has 0 unspecified atom stereocenters. The van der Waals surface area contributed by atoms with Crippen LogP contribution < -0.4 is 5.48 Å². The Balaban J connectivity index is 2.19. The summed E-state index contributed by atoms with van der Waals surface area (Å²) in [5.41, 5.74) is 2.05. The molecular formula is C16H19BrN2O5. The van der Waals surface area contributed by atoms with Crippen molar-refractivity contribution < 1.29 is 24.3 Å². The molecule has 0 spiro atoms. The lowest BCUT2D eigenvalue weighted by Gasteiger charge is -2.24. The Labute approximate surface area is 148 Å². The first-order valence-electron chi connectivity index (χ1n) is 7.47. The number of imide groups is 1. The molecule has 0 aromatic heterocycles. The van der Waals surface area contributed by atoms with Crippen LogP contribution in [0, 0.1) is 0 Å². The van der Waals surface area contributed by atoms with Gasteiger partial charge in [0.25, 0.3) is 11.8 Å². The molecule has 0 fully saturated rings. The summed E-state index contributed by atoms with van der Waals surface area (Å²) >= 11 is 3.29. The first-order chi connectivity index (χ1) is 11.3. The molecule has 0 bridgehead atoms. The Kier molecular flexibility index (Phi) is 5.61. The van der Waals surface area contributed by atoms with Crippen LogP contribution >= 0.6 is 15.9 Å². The third-order valence-corrected chi connectivity index (χ3v) is 4.20. The molecule has 1 aromatic carbocycles. The average molecular weight is 399 g/mol. The van der Waals surface area contributed by atoms with Crippen LogP contribution in [0.25, 0.3) is 0 Å². The number of hydrogen-bond acceptors (Lipinski definition) is 5. The number of carbonyl (C=O) groups excluding carboxylic acids is 3. The van der Waals surface area contributed by atoms with Crippen molar-refractivity contribution in [3.05, 3.63) is 34.9 Å². The predicted molar refractivity (Wildman–Crippen MR) is 89.4 cm³/mol. The number of alkyl halides is 1. The smallest absolute Gasteiger partial charge is 0.431 e. The first kappa shape index (κ1) is 18.4. The minimum atomic E-state index is -0.951. The van der Waals surface area contributed by atoms with E-state index in [-0.39, 0.29) is 11.8 Å². The molecule has 7 nitrogen and oxygen atoms in total. The lowest BCUT2D eigenvalue weighted by molar-refractivity contribution is 0.0126. The van der Waals surface area contributed by atoms with Crippen molar-refractivity contribution in [3.8, 4) is 0 Å². The highest BCUT2D eigenvalue weighted by Crippen LogP contribution is 2.26. The van der Waals surface area contributed by atoms with Gasteiger partial charge in [0.05, 0.1) is 11.1 Å². The zero-order chi connectivity index (χ0) is 17.9. The number of benzene rings is 1. The number of nitrogens with zero attached hydrogens (tertiary/aromatic N) is 1. The Hall–Kier alpha value is -1.93. The number of hydroxylamine groups is 1. The van der Waals surface area contributed by atoms with Gasteiger partial charge < -0.3 is 4.74 Å². The third-order valence-electron chi connectivity index (χ3n) is 3.64. The van der Waals surface area contributed by atoms with E-state index in [0.29, 0.717) is 35.8 Å². The summed E-state index contributed by atoms with van der Waals surface area (Å²) in [5, 5.41) is 9.25. The molecule has 130 valence electrons. The van der Waals surface area contributed by atoms with E-state index in [2.05, 4.69) is 15.9 Å². The van der Waals surface area contributed by atoms with Gasteiger partial charge in [-0.15, -0.1) is 0 Å². The molecule has 2 rings (SSSR count). The zero-order valence-electron chi connectivity index (χ0n) is 13.5. The van der Waals surface area contributed by atoms with Crippen LogP contribution in [0.5, 0.6) is 0 Å². The summed E-state index contributed by atoms with van der Waals surface area (Å²) in [6, 6.07) is 5.02.